The molecule has 0 aliphatic carbocycles. The fraction of sp³-hybridized carbons (Fsp3) is 0.548. The van der Waals surface area contributed by atoms with Crippen LogP contribution in [0.2, 0.25) is 18.1 Å². The number of aliphatic hydroxyl groups excluding tert-OH is 1. The summed E-state index contributed by atoms with van der Waals surface area (Å²) in [5, 5.41) is 11.8. The van der Waals surface area contributed by atoms with E-state index in [4.69, 9.17) is 42.3 Å². The van der Waals surface area contributed by atoms with Crippen molar-refractivity contribution >= 4 is 36.9 Å². The van der Waals surface area contributed by atoms with E-state index in [2.05, 4.69) is 56.5 Å². The van der Waals surface area contributed by atoms with Crippen molar-refractivity contribution in [1.82, 2.24) is 0 Å². The quantitative estimate of drug-likeness (QED) is 0.0655. The number of methoxy groups -OCH3 is 1. The summed E-state index contributed by atoms with van der Waals surface area (Å²) in [6.45, 7) is 12.8. The van der Waals surface area contributed by atoms with Gasteiger partial charge in [0, 0.05) is 14.0 Å². The van der Waals surface area contributed by atoms with Gasteiger partial charge >= 0.3 is 5.97 Å². The van der Waals surface area contributed by atoms with Crippen LogP contribution >= 0.6 is 22.6 Å². The van der Waals surface area contributed by atoms with Gasteiger partial charge in [0.1, 0.15) is 43.2 Å². The maximum atomic E-state index is 12.0. The topological polar surface area (TPSA) is 120 Å². The number of hydrogen-bond donors (Lipinski definition) is 1. The molecule has 0 unspecified atom stereocenters. The number of benzene rings is 3. The highest BCUT2D eigenvalue weighted by atomic mass is 127. The van der Waals surface area contributed by atoms with E-state index in [0.29, 0.717) is 6.61 Å². The lowest BCUT2D eigenvalue weighted by atomic mass is 9.97. The van der Waals surface area contributed by atoms with Crippen molar-refractivity contribution in [3.8, 4) is 0 Å². The van der Waals surface area contributed by atoms with Crippen LogP contribution in [-0.4, -0.2) is 98.9 Å². The van der Waals surface area contributed by atoms with Crippen LogP contribution in [0.25, 0.3) is 0 Å². The normalized spacial score (nSPS) is 28.8. The van der Waals surface area contributed by atoms with Gasteiger partial charge in [-0.1, -0.05) is 134 Å². The van der Waals surface area contributed by atoms with Crippen LogP contribution < -0.4 is 0 Å². The number of esters is 1. The highest BCUT2D eigenvalue weighted by Gasteiger charge is 2.54. The molecular weight excluding hydrogens is 835 g/mol. The third kappa shape index (κ3) is 12.1. The van der Waals surface area contributed by atoms with Crippen molar-refractivity contribution in [3.63, 3.8) is 0 Å². The van der Waals surface area contributed by atoms with Gasteiger partial charge < -0.3 is 47.4 Å². The van der Waals surface area contributed by atoms with E-state index in [1.54, 1.807) is 7.11 Å². The molecule has 0 radical (unpaired) electrons. The first-order chi connectivity index (χ1) is 26.3. The molecule has 2 aliphatic heterocycles. The number of carbonyl (C=O) groups is 1. The second kappa shape index (κ2) is 20.4. The van der Waals surface area contributed by atoms with Gasteiger partial charge in [0.2, 0.25) is 0 Å². The molecule has 2 fully saturated rings. The van der Waals surface area contributed by atoms with Crippen LogP contribution in [0.15, 0.2) is 91.0 Å². The van der Waals surface area contributed by atoms with Crippen molar-refractivity contribution in [1.29, 1.82) is 0 Å². The molecule has 0 bridgehead atoms. The van der Waals surface area contributed by atoms with E-state index >= 15 is 0 Å². The summed E-state index contributed by atoms with van der Waals surface area (Å²) < 4.78 is 57.4. The molecule has 3 aromatic carbocycles. The number of halogens is 1. The Hall–Kier alpha value is -2.28. The van der Waals surface area contributed by atoms with E-state index in [0.717, 1.165) is 16.7 Å². The van der Waals surface area contributed by atoms with Crippen LogP contribution in [0.1, 0.15) is 44.4 Å². The number of carbonyl (C=O) groups excluding carboxylic acids is 1. The Kier molecular flexibility index (Phi) is 16.3. The second-order valence-electron chi connectivity index (χ2n) is 15.5. The molecular formula is C42H57IO11Si. The van der Waals surface area contributed by atoms with Crippen molar-refractivity contribution in [2.45, 2.75) is 125 Å². The lowest BCUT2D eigenvalue weighted by Gasteiger charge is -2.50. The van der Waals surface area contributed by atoms with E-state index < -0.39 is 73.5 Å². The number of rotatable bonds is 17. The second-order valence-corrected chi connectivity index (χ2v) is 21.7. The summed E-state index contributed by atoms with van der Waals surface area (Å²) in [4.78, 5) is 12.0. The first-order valence-corrected chi connectivity index (χ1v) is 23.0. The van der Waals surface area contributed by atoms with Crippen molar-refractivity contribution < 1.29 is 52.2 Å². The Labute approximate surface area is 340 Å². The predicted molar refractivity (Wildman–Crippen MR) is 218 cm³/mol. The van der Waals surface area contributed by atoms with Gasteiger partial charge in [-0.15, -0.1) is 0 Å². The van der Waals surface area contributed by atoms with Crippen LogP contribution in [0, 0.1) is 0 Å². The first-order valence-electron chi connectivity index (χ1n) is 18.8. The van der Waals surface area contributed by atoms with Gasteiger partial charge in [0.25, 0.3) is 0 Å². The van der Waals surface area contributed by atoms with Gasteiger partial charge in [-0.3, -0.25) is 4.79 Å². The SMILES string of the molecule is CO[C@H]1O[C@H](COCc2ccccc2)[C@@H](O[C@@H]2O[C@H](COC(C)=O)[C@@H](O[Si](C)(C)C(C)(C)C)[C@H](O)[C@H]2I)[C@H](OCc2ccccc2)[C@H]1OCc1ccccc1. The fourth-order valence-electron chi connectivity index (χ4n) is 6.28. The van der Waals surface area contributed by atoms with E-state index in [1.807, 2.05) is 91.0 Å². The number of alkyl halides is 1. The van der Waals surface area contributed by atoms with Crippen LogP contribution in [-0.2, 0) is 66.9 Å². The van der Waals surface area contributed by atoms with E-state index in [1.165, 1.54) is 6.92 Å². The Morgan fingerprint density at radius 2 is 1.22 bits per heavy atom. The lowest BCUT2D eigenvalue weighted by molar-refractivity contribution is -0.350. The average Bonchev–Trinajstić information content (AvgIpc) is 3.16. The molecule has 0 spiro atoms. The maximum absolute atomic E-state index is 12.0. The smallest absolute Gasteiger partial charge is 0.302 e. The number of ether oxygens (including phenoxy) is 8. The van der Waals surface area contributed by atoms with E-state index in [-0.39, 0.29) is 31.5 Å². The summed E-state index contributed by atoms with van der Waals surface area (Å²) in [5.74, 6) is -0.465. The monoisotopic (exact) mass is 892 g/mol. The lowest BCUT2D eigenvalue weighted by Crippen LogP contribution is -2.66. The number of aliphatic hydroxyl groups is 1. The van der Waals surface area contributed by atoms with Crippen LogP contribution in [0.4, 0.5) is 0 Å². The van der Waals surface area contributed by atoms with Gasteiger partial charge in [0.05, 0.1) is 36.5 Å². The molecule has 2 aliphatic rings. The van der Waals surface area contributed by atoms with Crippen LogP contribution in [0.3, 0.4) is 0 Å². The average molecular weight is 893 g/mol. The minimum absolute atomic E-state index is 0.123. The Balaban J connectivity index is 1.48. The minimum atomic E-state index is -2.40. The van der Waals surface area contributed by atoms with Gasteiger partial charge in [-0.25, -0.2) is 0 Å². The van der Waals surface area contributed by atoms with Gasteiger partial charge in [-0.05, 0) is 34.8 Å². The maximum Gasteiger partial charge on any atom is 0.302 e. The van der Waals surface area contributed by atoms with Crippen molar-refractivity contribution in [3.05, 3.63) is 108 Å². The first kappa shape index (κ1) is 43.8. The third-order valence-corrected chi connectivity index (χ3v) is 16.2. The molecule has 5 rings (SSSR count). The summed E-state index contributed by atoms with van der Waals surface area (Å²) in [6, 6.07) is 29.6. The summed E-state index contributed by atoms with van der Waals surface area (Å²) in [7, 11) is -0.830. The van der Waals surface area contributed by atoms with Crippen molar-refractivity contribution in [2.75, 3.05) is 20.3 Å². The van der Waals surface area contributed by atoms with Crippen LogP contribution in [0.5, 0.6) is 0 Å². The highest BCUT2D eigenvalue weighted by Crippen LogP contribution is 2.41. The molecule has 1 N–H and O–H groups in total. The molecule has 2 saturated heterocycles. The molecule has 3 aromatic rings. The molecule has 0 amide bonds. The zero-order valence-electron chi connectivity index (χ0n) is 32.9. The molecule has 0 saturated carbocycles. The minimum Gasteiger partial charge on any atom is -0.463 e. The highest BCUT2D eigenvalue weighted by molar-refractivity contribution is 14.1. The third-order valence-electron chi connectivity index (χ3n) is 10.4. The number of hydrogen-bond acceptors (Lipinski definition) is 11. The molecule has 0 aromatic heterocycles. The molecule has 302 valence electrons. The standard InChI is InChI=1S/C42H57IO11Si/c1-28(44)48-27-33-36(54-55(6,7)42(2,3)4)35(45)34(43)40(51-33)53-37-32(26-47-23-29-17-11-8-12-18-29)52-41(46-5)39(50-25-31-21-15-10-16-22-31)38(37)49-24-30-19-13-9-14-20-30/h8-22,32-41,45H,23-27H2,1-7H3/t32-,33-,34-,35-,36-,37-,38+,39-,40+,41+/m1/s1. The predicted octanol–water partition coefficient (Wildman–Crippen LogP) is 6.97. The zero-order valence-corrected chi connectivity index (χ0v) is 36.0. The van der Waals surface area contributed by atoms with Crippen molar-refractivity contribution in [2.24, 2.45) is 0 Å². The molecule has 11 nitrogen and oxygen atoms in total. The fourth-order valence-corrected chi connectivity index (χ4v) is 8.35. The molecule has 13 heteroatoms. The Morgan fingerprint density at radius 1 is 0.727 bits per heavy atom. The largest absolute Gasteiger partial charge is 0.463 e. The molecule has 10 atom stereocenters. The summed E-state index contributed by atoms with van der Waals surface area (Å²) in [5.41, 5.74) is 2.94. The Morgan fingerprint density at radius 3 is 1.73 bits per heavy atom. The Bertz CT molecular complexity index is 1580. The van der Waals surface area contributed by atoms with Gasteiger partial charge in [0.15, 0.2) is 20.9 Å². The van der Waals surface area contributed by atoms with E-state index in [9.17, 15) is 9.90 Å². The summed E-state index contributed by atoms with van der Waals surface area (Å²) >= 11 is 2.16. The zero-order chi connectivity index (χ0) is 39.6. The summed E-state index contributed by atoms with van der Waals surface area (Å²) in [6.07, 6.45) is -7.44. The molecule has 2 heterocycles. The molecule has 55 heavy (non-hydrogen) atoms. The van der Waals surface area contributed by atoms with Gasteiger partial charge in [-0.2, -0.15) is 0 Å².